The summed E-state index contributed by atoms with van der Waals surface area (Å²) in [7, 11) is -3.79. The van der Waals surface area contributed by atoms with E-state index in [0.717, 1.165) is 19.5 Å². The highest BCUT2D eigenvalue weighted by atomic mass is 32.2. The van der Waals surface area contributed by atoms with Gasteiger partial charge in [-0.2, -0.15) is 13.1 Å². The van der Waals surface area contributed by atoms with Crippen LogP contribution in [0.1, 0.15) is 13.3 Å². The molecule has 0 aromatic heterocycles. The zero-order valence-electron chi connectivity index (χ0n) is 9.15. The predicted molar refractivity (Wildman–Crippen MR) is 58.1 cm³/mol. The van der Waals surface area contributed by atoms with Crippen molar-refractivity contribution in [2.45, 2.75) is 13.3 Å². The Kier molecular flexibility index (Phi) is 4.97. The van der Waals surface area contributed by atoms with E-state index in [1.54, 1.807) is 11.6 Å². The molecule has 0 bridgehead atoms. The first kappa shape index (κ1) is 13.2. The molecule has 16 heavy (non-hydrogen) atoms. The summed E-state index contributed by atoms with van der Waals surface area (Å²) in [5.41, 5.74) is 0. The monoisotopic (exact) mass is 251 g/mol. The van der Waals surface area contributed by atoms with Crippen LogP contribution in [0, 0.1) is 5.92 Å². The van der Waals surface area contributed by atoms with Crippen LogP contribution in [0.2, 0.25) is 0 Å². The Hall–Kier alpha value is -0.860. The van der Waals surface area contributed by atoms with Gasteiger partial charge in [-0.3, -0.25) is 0 Å². The number of carbonyl (C=O) groups excluding carboxylic acids is 1. The molecule has 1 heterocycles. The van der Waals surface area contributed by atoms with E-state index in [1.165, 1.54) is 0 Å². The van der Waals surface area contributed by atoms with Gasteiger partial charge in [0, 0.05) is 6.54 Å². The minimum atomic E-state index is -3.79. The van der Waals surface area contributed by atoms with Gasteiger partial charge in [0.05, 0.1) is 6.61 Å². The number of nitrogens with one attached hydrogen (secondary N) is 3. The lowest BCUT2D eigenvalue weighted by molar-refractivity contribution is 0.158. The third-order valence-corrected chi connectivity index (χ3v) is 3.20. The maximum Gasteiger partial charge on any atom is 0.421 e. The van der Waals surface area contributed by atoms with Crippen LogP contribution in [-0.4, -0.2) is 40.8 Å². The second-order valence-electron chi connectivity index (χ2n) is 3.53. The number of rotatable bonds is 5. The fourth-order valence-electron chi connectivity index (χ4n) is 1.42. The minimum Gasteiger partial charge on any atom is -0.449 e. The molecule has 3 N–H and O–H groups in total. The van der Waals surface area contributed by atoms with Crippen LogP contribution in [0.3, 0.4) is 0 Å². The average molecular weight is 251 g/mol. The fourth-order valence-corrected chi connectivity index (χ4v) is 2.23. The zero-order valence-corrected chi connectivity index (χ0v) is 9.97. The summed E-state index contributed by atoms with van der Waals surface area (Å²) in [6.07, 6.45) is -0.0263. The summed E-state index contributed by atoms with van der Waals surface area (Å²) in [5.74, 6) is 0.277. The molecule has 1 fully saturated rings. The molecule has 0 saturated carbocycles. The third kappa shape index (κ3) is 4.77. The maximum absolute atomic E-state index is 11.3. The molecule has 8 heteroatoms. The van der Waals surface area contributed by atoms with Crippen molar-refractivity contribution in [2.75, 3.05) is 26.2 Å². The Balaban J connectivity index is 2.30. The van der Waals surface area contributed by atoms with E-state index in [1.807, 2.05) is 0 Å². The molecule has 1 saturated heterocycles. The second-order valence-corrected chi connectivity index (χ2v) is 5.03. The lowest BCUT2D eigenvalue weighted by Gasteiger charge is -2.11. The van der Waals surface area contributed by atoms with Gasteiger partial charge in [-0.05, 0) is 32.4 Å². The van der Waals surface area contributed by atoms with E-state index in [4.69, 9.17) is 0 Å². The SMILES string of the molecule is CCOC(=O)NS(=O)(=O)NCC1CCNC1. The van der Waals surface area contributed by atoms with Gasteiger partial charge in [0.1, 0.15) is 0 Å². The Labute approximate surface area is 95.1 Å². The Morgan fingerprint density at radius 2 is 2.31 bits per heavy atom. The maximum atomic E-state index is 11.3. The molecule has 1 atom stereocenters. The molecular formula is C8H17N3O4S. The van der Waals surface area contributed by atoms with Gasteiger partial charge >= 0.3 is 16.3 Å². The third-order valence-electron chi connectivity index (χ3n) is 2.22. The highest BCUT2D eigenvalue weighted by Crippen LogP contribution is 2.05. The number of hydrogen-bond donors (Lipinski definition) is 3. The smallest absolute Gasteiger partial charge is 0.421 e. The van der Waals surface area contributed by atoms with E-state index in [-0.39, 0.29) is 12.5 Å². The number of ether oxygens (including phenoxy) is 1. The zero-order chi connectivity index (χ0) is 12.0. The molecule has 1 unspecified atom stereocenters. The molecule has 0 aromatic carbocycles. The van der Waals surface area contributed by atoms with Crippen LogP contribution in [0.5, 0.6) is 0 Å². The van der Waals surface area contributed by atoms with E-state index < -0.39 is 16.3 Å². The first-order valence-corrected chi connectivity index (χ1v) is 6.66. The predicted octanol–water partition coefficient (Wildman–Crippen LogP) is -0.824. The summed E-state index contributed by atoms with van der Waals surface area (Å²) in [5, 5.41) is 3.12. The first-order valence-electron chi connectivity index (χ1n) is 5.18. The number of amides is 1. The molecule has 1 rings (SSSR count). The molecular weight excluding hydrogens is 234 g/mol. The van der Waals surface area contributed by atoms with Crippen molar-refractivity contribution in [3.63, 3.8) is 0 Å². The standard InChI is InChI=1S/C8H17N3O4S/c1-2-15-8(12)11-16(13,14)10-6-7-3-4-9-5-7/h7,9-10H,2-6H2,1H3,(H,11,12). The van der Waals surface area contributed by atoms with Crippen molar-refractivity contribution in [3.05, 3.63) is 0 Å². The van der Waals surface area contributed by atoms with Crippen LogP contribution < -0.4 is 14.8 Å². The molecule has 1 aliphatic heterocycles. The summed E-state index contributed by atoms with van der Waals surface area (Å²) in [4.78, 5) is 10.9. The number of carbonyl (C=O) groups is 1. The van der Waals surface area contributed by atoms with Crippen LogP contribution in [0.4, 0.5) is 4.79 Å². The fraction of sp³-hybridized carbons (Fsp3) is 0.875. The van der Waals surface area contributed by atoms with Crippen molar-refractivity contribution in [2.24, 2.45) is 5.92 Å². The van der Waals surface area contributed by atoms with Gasteiger partial charge in [0.2, 0.25) is 0 Å². The first-order chi connectivity index (χ1) is 7.53. The lowest BCUT2D eigenvalue weighted by Crippen LogP contribution is -2.42. The van der Waals surface area contributed by atoms with Crippen molar-refractivity contribution in [1.29, 1.82) is 0 Å². The summed E-state index contributed by atoms with van der Waals surface area (Å²) >= 11 is 0. The Bertz CT molecular complexity index is 324. The van der Waals surface area contributed by atoms with E-state index in [0.29, 0.717) is 6.54 Å². The molecule has 0 spiro atoms. The molecule has 1 amide bonds. The highest BCUT2D eigenvalue weighted by Gasteiger charge is 2.19. The van der Waals surface area contributed by atoms with Crippen LogP contribution in [0.15, 0.2) is 0 Å². The van der Waals surface area contributed by atoms with Crippen molar-refractivity contribution < 1.29 is 17.9 Å². The normalized spacial score (nSPS) is 20.7. The lowest BCUT2D eigenvalue weighted by atomic mass is 10.1. The summed E-state index contributed by atoms with van der Waals surface area (Å²) < 4.78 is 31.2. The molecule has 94 valence electrons. The molecule has 0 radical (unpaired) electrons. The number of hydrogen-bond acceptors (Lipinski definition) is 5. The van der Waals surface area contributed by atoms with Crippen molar-refractivity contribution in [3.8, 4) is 0 Å². The van der Waals surface area contributed by atoms with Gasteiger partial charge in [-0.15, -0.1) is 0 Å². The summed E-state index contributed by atoms with van der Waals surface area (Å²) in [6, 6.07) is 0. The van der Waals surface area contributed by atoms with Crippen molar-refractivity contribution in [1.82, 2.24) is 14.8 Å². The van der Waals surface area contributed by atoms with Gasteiger partial charge in [0.15, 0.2) is 0 Å². The highest BCUT2D eigenvalue weighted by molar-refractivity contribution is 7.88. The largest absolute Gasteiger partial charge is 0.449 e. The molecule has 0 aliphatic carbocycles. The van der Waals surface area contributed by atoms with Crippen molar-refractivity contribution >= 4 is 16.3 Å². The Morgan fingerprint density at radius 3 is 2.88 bits per heavy atom. The van der Waals surface area contributed by atoms with E-state index in [9.17, 15) is 13.2 Å². The van der Waals surface area contributed by atoms with E-state index in [2.05, 4.69) is 14.8 Å². The second kappa shape index (κ2) is 6.02. The molecule has 0 aromatic rings. The topological polar surface area (TPSA) is 96.5 Å². The molecule has 7 nitrogen and oxygen atoms in total. The van der Waals surface area contributed by atoms with Gasteiger partial charge in [-0.25, -0.2) is 9.52 Å². The minimum absolute atomic E-state index is 0.133. The van der Waals surface area contributed by atoms with Crippen LogP contribution in [0.25, 0.3) is 0 Å². The Morgan fingerprint density at radius 1 is 1.56 bits per heavy atom. The van der Waals surface area contributed by atoms with Crippen LogP contribution >= 0.6 is 0 Å². The summed E-state index contributed by atoms with van der Waals surface area (Å²) in [6.45, 7) is 3.75. The van der Waals surface area contributed by atoms with E-state index >= 15 is 0 Å². The van der Waals surface area contributed by atoms with Gasteiger partial charge in [-0.1, -0.05) is 0 Å². The van der Waals surface area contributed by atoms with Gasteiger partial charge in [0.25, 0.3) is 0 Å². The molecule has 1 aliphatic rings. The quantitative estimate of drug-likeness (QED) is 0.593. The average Bonchev–Trinajstić information content (AvgIpc) is 2.66. The van der Waals surface area contributed by atoms with Crippen LogP contribution in [-0.2, 0) is 14.9 Å². The van der Waals surface area contributed by atoms with Gasteiger partial charge < -0.3 is 10.1 Å².